The van der Waals surface area contributed by atoms with Gasteiger partial charge in [-0.1, -0.05) is 27.7 Å². The zero-order valence-electron chi connectivity index (χ0n) is 15.9. The van der Waals surface area contributed by atoms with E-state index in [1.807, 2.05) is 13.8 Å². The van der Waals surface area contributed by atoms with E-state index in [0.717, 1.165) is 50.4 Å². The first-order chi connectivity index (χ1) is 11.4. The van der Waals surface area contributed by atoms with E-state index in [1.54, 1.807) is 0 Å². The van der Waals surface area contributed by atoms with Gasteiger partial charge in [0.15, 0.2) is 0 Å². The van der Waals surface area contributed by atoms with Gasteiger partial charge in [-0.25, -0.2) is 0 Å². The molecule has 4 nitrogen and oxygen atoms in total. The molecule has 2 fully saturated rings. The Morgan fingerprint density at radius 1 is 0.833 bits per heavy atom. The Hall–Kier alpha value is -1.06. The SMILES string of the molecule is CC1CCC(NC(=O)[C@H](NC(=O)C2CCC(C)CC2)C(C)C)CC1. The topological polar surface area (TPSA) is 58.2 Å². The van der Waals surface area contributed by atoms with Gasteiger partial charge in [-0.3, -0.25) is 9.59 Å². The van der Waals surface area contributed by atoms with Crippen molar-refractivity contribution in [2.24, 2.45) is 23.7 Å². The van der Waals surface area contributed by atoms with Crippen LogP contribution >= 0.6 is 0 Å². The third kappa shape index (κ3) is 5.49. The highest BCUT2D eigenvalue weighted by molar-refractivity contribution is 5.88. The molecular weight excluding hydrogens is 300 g/mol. The van der Waals surface area contributed by atoms with Gasteiger partial charge in [-0.05, 0) is 69.1 Å². The van der Waals surface area contributed by atoms with Crippen molar-refractivity contribution >= 4 is 11.8 Å². The van der Waals surface area contributed by atoms with E-state index < -0.39 is 6.04 Å². The lowest BCUT2D eigenvalue weighted by atomic mass is 9.82. The third-order valence-electron chi connectivity index (χ3n) is 6.00. The van der Waals surface area contributed by atoms with Crippen molar-refractivity contribution < 1.29 is 9.59 Å². The van der Waals surface area contributed by atoms with E-state index in [1.165, 1.54) is 12.8 Å². The first-order valence-corrected chi connectivity index (χ1v) is 9.97. The third-order valence-corrected chi connectivity index (χ3v) is 6.00. The van der Waals surface area contributed by atoms with Crippen LogP contribution in [0.15, 0.2) is 0 Å². The van der Waals surface area contributed by atoms with E-state index in [9.17, 15) is 9.59 Å². The van der Waals surface area contributed by atoms with Crippen molar-refractivity contribution in [3.05, 3.63) is 0 Å². The molecule has 0 aliphatic heterocycles. The summed E-state index contributed by atoms with van der Waals surface area (Å²) in [7, 11) is 0. The summed E-state index contributed by atoms with van der Waals surface area (Å²) in [5.41, 5.74) is 0. The minimum atomic E-state index is -0.406. The summed E-state index contributed by atoms with van der Waals surface area (Å²) < 4.78 is 0. The maximum absolute atomic E-state index is 12.7. The predicted molar refractivity (Wildman–Crippen MR) is 97.5 cm³/mol. The van der Waals surface area contributed by atoms with E-state index >= 15 is 0 Å². The molecule has 0 bridgehead atoms. The molecule has 2 amide bonds. The zero-order valence-corrected chi connectivity index (χ0v) is 15.9. The molecule has 24 heavy (non-hydrogen) atoms. The average Bonchev–Trinajstić information content (AvgIpc) is 2.54. The molecule has 0 unspecified atom stereocenters. The van der Waals surface area contributed by atoms with Crippen LogP contribution in [0.5, 0.6) is 0 Å². The number of hydrogen-bond acceptors (Lipinski definition) is 2. The zero-order chi connectivity index (χ0) is 17.7. The van der Waals surface area contributed by atoms with Crippen molar-refractivity contribution in [2.75, 3.05) is 0 Å². The van der Waals surface area contributed by atoms with Crippen molar-refractivity contribution in [3.63, 3.8) is 0 Å². The van der Waals surface area contributed by atoms with Gasteiger partial charge >= 0.3 is 0 Å². The van der Waals surface area contributed by atoms with E-state index in [0.29, 0.717) is 0 Å². The summed E-state index contributed by atoms with van der Waals surface area (Å²) in [6.07, 6.45) is 8.65. The van der Waals surface area contributed by atoms with Crippen LogP contribution < -0.4 is 10.6 Å². The quantitative estimate of drug-likeness (QED) is 0.805. The maximum atomic E-state index is 12.7. The largest absolute Gasteiger partial charge is 0.352 e. The van der Waals surface area contributed by atoms with Gasteiger partial charge in [-0.15, -0.1) is 0 Å². The number of carbonyl (C=O) groups excluding carboxylic acids is 2. The number of nitrogens with one attached hydrogen (secondary N) is 2. The van der Waals surface area contributed by atoms with Gasteiger partial charge in [0.25, 0.3) is 0 Å². The minimum Gasteiger partial charge on any atom is -0.352 e. The van der Waals surface area contributed by atoms with Crippen molar-refractivity contribution in [2.45, 2.75) is 91.1 Å². The molecule has 4 heteroatoms. The molecule has 0 aromatic heterocycles. The Labute approximate surface area is 147 Å². The van der Waals surface area contributed by atoms with Gasteiger partial charge < -0.3 is 10.6 Å². The molecule has 2 saturated carbocycles. The van der Waals surface area contributed by atoms with Crippen molar-refractivity contribution in [1.29, 1.82) is 0 Å². The molecule has 0 heterocycles. The minimum absolute atomic E-state index is 0.00193. The Balaban J connectivity index is 1.86. The van der Waals surface area contributed by atoms with E-state index in [-0.39, 0.29) is 29.7 Å². The number of amides is 2. The molecule has 0 aromatic carbocycles. The second kappa shape index (κ2) is 8.87. The Kier molecular flexibility index (Phi) is 7.12. The van der Waals surface area contributed by atoms with Crippen LogP contribution in [0.2, 0.25) is 0 Å². The summed E-state index contributed by atoms with van der Waals surface area (Å²) in [6, 6.07) is -0.126. The lowest BCUT2D eigenvalue weighted by molar-refractivity contribution is -0.133. The fraction of sp³-hybridized carbons (Fsp3) is 0.900. The number of carbonyl (C=O) groups is 2. The molecule has 2 aliphatic carbocycles. The van der Waals surface area contributed by atoms with Crippen LogP contribution in [-0.4, -0.2) is 23.9 Å². The normalized spacial score (nSPS) is 32.2. The highest BCUT2D eigenvalue weighted by Gasteiger charge is 2.31. The monoisotopic (exact) mass is 336 g/mol. The van der Waals surface area contributed by atoms with Crippen molar-refractivity contribution in [3.8, 4) is 0 Å². The summed E-state index contributed by atoms with van der Waals surface area (Å²) in [6.45, 7) is 8.55. The lowest BCUT2D eigenvalue weighted by Gasteiger charge is -2.31. The van der Waals surface area contributed by atoms with Crippen LogP contribution in [0, 0.1) is 23.7 Å². The molecule has 1 atom stereocenters. The molecular formula is C20H36N2O2. The summed E-state index contributed by atoms with van der Waals surface area (Å²) in [5, 5.41) is 6.23. The van der Waals surface area contributed by atoms with Crippen molar-refractivity contribution in [1.82, 2.24) is 10.6 Å². The van der Waals surface area contributed by atoms with E-state index in [4.69, 9.17) is 0 Å². The maximum Gasteiger partial charge on any atom is 0.243 e. The lowest BCUT2D eigenvalue weighted by Crippen LogP contribution is -2.53. The highest BCUT2D eigenvalue weighted by Crippen LogP contribution is 2.28. The van der Waals surface area contributed by atoms with Gasteiger partial charge in [-0.2, -0.15) is 0 Å². The summed E-state index contributed by atoms with van der Waals surface area (Å²) in [5.74, 6) is 1.78. The highest BCUT2D eigenvalue weighted by atomic mass is 16.2. The molecule has 138 valence electrons. The Bertz CT molecular complexity index is 419. The van der Waals surface area contributed by atoms with Crippen LogP contribution in [0.3, 0.4) is 0 Å². The first-order valence-electron chi connectivity index (χ1n) is 9.97. The molecule has 0 spiro atoms. The van der Waals surface area contributed by atoms with Crippen LogP contribution in [0.1, 0.15) is 79.1 Å². The second-order valence-electron chi connectivity index (χ2n) is 8.65. The number of rotatable bonds is 5. The fourth-order valence-corrected chi connectivity index (χ4v) is 4.02. The number of hydrogen-bond donors (Lipinski definition) is 2. The van der Waals surface area contributed by atoms with Gasteiger partial charge in [0.05, 0.1) is 0 Å². The fourth-order valence-electron chi connectivity index (χ4n) is 4.02. The van der Waals surface area contributed by atoms with E-state index in [2.05, 4.69) is 24.5 Å². The summed E-state index contributed by atoms with van der Waals surface area (Å²) in [4.78, 5) is 25.2. The molecule has 2 N–H and O–H groups in total. The predicted octanol–water partition coefficient (Wildman–Crippen LogP) is 3.65. The average molecular weight is 337 g/mol. The summed E-state index contributed by atoms with van der Waals surface area (Å²) >= 11 is 0. The molecule has 2 aliphatic rings. The smallest absolute Gasteiger partial charge is 0.243 e. The molecule has 0 radical (unpaired) electrons. The Morgan fingerprint density at radius 3 is 1.83 bits per heavy atom. The van der Waals surface area contributed by atoms with Gasteiger partial charge in [0.1, 0.15) is 6.04 Å². The Morgan fingerprint density at radius 2 is 1.33 bits per heavy atom. The molecule has 0 aromatic rings. The molecule has 2 rings (SSSR count). The first kappa shape index (κ1) is 19.3. The van der Waals surface area contributed by atoms with Gasteiger partial charge in [0, 0.05) is 12.0 Å². The standard InChI is InChI=1S/C20H36N2O2/c1-13(2)18(20(24)21-17-11-7-15(4)8-12-17)22-19(23)16-9-5-14(3)6-10-16/h13-18H,5-12H2,1-4H3,(H,21,24)(H,22,23)/t14?,15?,16?,17?,18-/m1/s1. The van der Waals surface area contributed by atoms with Crippen LogP contribution in [0.25, 0.3) is 0 Å². The molecule has 0 saturated heterocycles. The van der Waals surface area contributed by atoms with Gasteiger partial charge in [0.2, 0.25) is 11.8 Å². The van der Waals surface area contributed by atoms with Crippen LogP contribution in [0.4, 0.5) is 0 Å². The second-order valence-corrected chi connectivity index (χ2v) is 8.65. The van der Waals surface area contributed by atoms with Crippen LogP contribution in [-0.2, 0) is 9.59 Å².